The minimum atomic E-state index is -0.115. The van der Waals surface area contributed by atoms with Crippen LogP contribution in [0.25, 0.3) is 11.4 Å². The molecule has 3 aromatic rings. The summed E-state index contributed by atoms with van der Waals surface area (Å²) in [5, 5.41) is 12.9. The van der Waals surface area contributed by atoms with Crippen LogP contribution in [0.15, 0.2) is 48.5 Å². The van der Waals surface area contributed by atoms with E-state index in [1.54, 1.807) is 12.1 Å². The Kier molecular flexibility index (Phi) is 9.43. The van der Waals surface area contributed by atoms with Gasteiger partial charge in [0.2, 0.25) is 5.91 Å². The minimum Gasteiger partial charge on any atom is -0.368 e. The Balaban J connectivity index is 1.68. The summed E-state index contributed by atoms with van der Waals surface area (Å²) >= 11 is 6.03. The molecule has 1 aromatic heterocycles. The molecule has 0 aliphatic heterocycles. The lowest BCUT2D eigenvalue weighted by molar-refractivity contribution is -0.118. The summed E-state index contributed by atoms with van der Waals surface area (Å²) in [4.78, 5) is 32.9. The molecule has 3 rings (SSSR count). The van der Waals surface area contributed by atoms with Crippen LogP contribution in [-0.4, -0.2) is 48.0 Å². The molecule has 0 aliphatic carbocycles. The summed E-state index contributed by atoms with van der Waals surface area (Å²) < 4.78 is 0. The van der Waals surface area contributed by atoms with Crippen LogP contribution in [-0.2, 0) is 11.2 Å². The number of nitrogens with one attached hydrogen (secondary N) is 4. The highest BCUT2D eigenvalue weighted by Gasteiger charge is 2.13. The fraction of sp³-hybridized carbons (Fsp3) is 0.308. The van der Waals surface area contributed by atoms with Crippen molar-refractivity contribution in [3.8, 4) is 11.4 Å². The van der Waals surface area contributed by atoms with Crippen LogP contribution in [0.2, 0.25) is 5.02 Å². The van der Waals surface area contributed by atoms with E-state index >= 15 is 0 Å². The van der Waals surface area contributed by atoms with Gasteiger partial charge in [0.1, 0.15) is 11.6 Å². The molecule has 4 N–H and O–H groups in total. The average molecular weight is 495 g/mol. The van der Waals surface area contributed by atoms with Gasteiger partial charge in [0.05, 0.1) is 0 Å². The highest BCUT2D eigenvalue weighted by Crippen LogP contribution is 2.26. The van der Waals surface area contributed by atoms with E-state index in [4.69, 9.17) is 16.6 Å². The Morgan fingerprint density at radius 2 is 1.40 bits per heavy atom. The molecule has 35 heavy (non-hydrogen) atoms. The predicted octanol–water partition coefficient (Wildman–Crippen LogP) is 4.06. The number of hydrogen-bond acceptors (Lipinski definition) is 6. The highest BCUT2D eigenvalue weighted by atomic mass is 35.5. The van der Waals surface area contributed by atoms with Gasteiger partial charge in [-0.1, -0.05) is 30.7 Å². The van der Waals surface area contributed by atoms with Gasteiger partial charge < -0.3 is 21.3 Å². The van der Waals surface area contributed by atoms with Gasteiger partial charge in [0.15, 0.2) is 5.82 Å². The van der Waals surface area contributed by atoms with Crippen molar-refractivity contribution >= 4 is 35.1 Å². The first kappa shape index (κ1) is 26.0. The number of amides is 2. The van der Waals surface area contributed by atoms with E-state index in [1.165, 1.54) is 12.5 Å². The molecule has 0 atom stereocenters. The lowest BCUT2D eigenvalue weighted by Gasteiger charge is -2.16. The smallest absolute Gasteiger partial charge is 0.251 e. The van der Waals surface area contributed by atoms with E-state index < -0.39 is 0 Å². The number of hydrogen-bond donors (Lipinski definition) is 4. The van der Waals surface area contributed by atoms with Crippen molar-refractivity contribution in [3.05, 3.63) is 70.2 Å². The van der Waals surface area contributed by atoms with Crippen LogP contribution < -0.4 is 21.3 Å². The van der Waals surface area contributed by atoms with Gasteiger partial charge in [-0.3, -0.25) is 9.59 Å². The average Bonchev–Trinajstić information content (AvgIpc) is 2.86. The number of aromatic nitrogens is 2. The number of carbonyl (C=O) groups excluding carboxylic acids is 2. The minimum absolute atomic E-state index is 0.0845. The fourth-order valence-corrected chi connectivity index (χ4v) is 3.49. The number of nitrogens with zero attached hydrogens (tertiary/aromatic N) is 2. The fourth-order valence-electron chi connectivity index (χ4n) is 3.36. The molecule has 2 amide bonds. The lowest BCUT2D eigenvalue weighted by atomic mass is 10.1. The number of benzene rings is 2. The van der Waals surface area contributed by atoms with Crippen molar-refractivity contribution in [2.24, 2.45) is 0 Å². The van der Waals surface area contributed by atoms with E-state index in [-0.39, 0.29) is 11.8 Å². The SMILES string of the molecule is CCc1ccc(C(=O)NCCNc2nc(-c3ccc(Cl)cc3)nc(NCCNC(C)=O)c2C)cc1. The maximum absolute atomic E-state index is 12.4. The second-order valence-electron chi connectivity index (χ2n) is 8.02. The van der Waals surface area contributed by atoms with Crippen LogP contribution in [0.5, 0.6) is 0 Å². The van der Waals surface area contributed by atoms with Crippen molar-refractivity contribution < 1.29 is 9.59 Å². The monoisotopic (exact) mass is 494 g/mol. The summed E-state index contributed by atoms with van der Waals surface area (Å²) in [5.41, 5.74) is 3.50. The number of rotatable bonds is 11. The molecular formula is C26H31ClN6O2. The van der Waals surface area contributed by atoms with E-state index in [9.17, 15) is 9.59 Å². The second kappa shape index (κ2) is 12.7. The molecule has 0 aliphatic rings. The predicted molar refractivity (Wildman–Crippen MR) is 141 cm³/mol. The van der Waals surface area contributed by atoms with Gasteiger partial charge in [-0.25, -0.2) is 9.97 Å². The molecule has 9 heteroatoms. The molecule has 1 heterocycles. The van der Waals surface area contributed by atoms with Crippen molar-refractivity contribution in [3.63, 3.8) is 0 Å². The molecule has 184 valence electrons. The Labute approximate surface area is 210 Å². The van der Waals surface area contributed by atoms with Crippen LogP contribution in [0.4, 0.5) is 11.6 Å². The molecular weight excluding hydrogens is 464 g/mol. The van der Waals surface area contributed by atoms with Crippen molar-refractivity contribution in [1.82, 2.24) is 20.6 Å². The molecule has 0 saturated heterocycles. The zero-order chi connectivity index (χ0) is 25.2. The second-order valence-corrected chi connectivity index (χ2v) is 8.46. The van der Waals surface area contributed by atoms with E-state index in [0.29, 0.717) is 54.2 Å². The standard InChI is InChI=1S/C26H31ClN6O2/c1-4-19-5-7-21(8-6-19)26(35)31-16-15-30-24-17(2)23(29-14-13-28-18(3)34)32-25(33-24)20-9-11-22(27)12-10-20/h5-12H,4,13-16H2,1-3H3,(H,28,34)(H,31,35)(H2,29,30,32,33). The van der Waals surface area contributed by atoms with E-state index in [0.717, 1.165) is 17.5 Å². The van der Waals surface area contributed by atoms with Gasteiger partial charge in [-0.05, 0) is 55.3 Å². The number of anilines is 2. The Bertz CT molecular complexity index is 1150. The summed E-state index contributed by atoms with van der Waals surface area (Å²) in [5.74, 6) is 1.66. The number of halogens is 1. The van der Waals surface area contributed by atoms with Gasteiger partial charge >= 0.3 is 0 Å². The summed E-state index contributed by atoms with van der Waals surface area (Å²) in [6.07, 6.45) is 0.937. The first-order chi connectivity index (χ1) is 16.9. The van der Waals surface area contributed by atoms with Gasteiger partial charge in [-0.2, -0.15) is 0 Å². The van der Waals surface area contributed by atoms with Crippen LogP contribution in [0, 0.1) is 6.92 Å². The van der Waals surface area contributed by atoms with Crippen molar-refractivity contribution in [2.45, 2.75) is 27.2 Å². The van der Waals surface area contributed by atoms with Crippen LogP contribution in [0.3, 0.4) is 0 Å². The molecule has 8 nitrogen and oxygen atoms in total. The molecule has 2 aromatic carbocycles. The summed E-state index contributed by atoms with van der Waals surface area (Å²) in [6.45, 7) is 7.39. The highest BCUT2D eigenvalue weighted by molar-refractivity contribution is 6.30. The summed E-state index contributed by atoms with van der Waals surface area (Å²) in [6, 6.07) is 14.9. The first-order valence-corrected chi connectivity index (χ1v) is 12.0. The third kappa shape index (κ3) is 7.68. The molecule has 0 spiro atoms. The van der Waals surface area contributed by atoms with E-state index in [2.05, 4.69) is 33.2 Å². The molecule has 0 unspecified atom stereocenters. The quantitative estimate of drug-likeness (QED) is 0.299. The van der Waals surface area contributed by atoms with Crippen LogP contribution in [0.1, 0.15) is 35.3 Å². The Hall–Kier alpha value is -3.65. The Morgan fingerprint density at radius 1 is 0.829 bits per heavy atom. The Morgan fingerprint density at radius 3 is 1.94 bits per heavy atom. The number of carbonyl (C=O) groups is 2. The molecule has 0 fully saturated rings. The summed E-state index contributed by atoms with van der Waals surface area (Å²) in [7, 11) is 0. The largest absolute Gasteiger partial charge is 0.368 e. The third-order valence-electron chi connectivity index (χ3n) is 5.37. The zero-order valence-electron chi connectivity index (χ0n) is 20.2. The molecule has 0 radical (unpaired) electrons. The van der Waals surface area contributed by atoms with Gasteiger partial charge in [-0.15, -0.1) is 0 Å². The lowest BCUT2D eigenvalue weighted by Crippen LogP contribution is -2.29. The zero-order valence-corrected chi connectivity index (χ0v) is 21.0. The van der Waals surface area contributed by atoms with Crippen molar-refractivity contribution in [1.29, 1.82) is 0 Å². The van der Waals surface area contributed by atoms with Crippen molar-refractivity contribution in [2.75, 3.05) is 36.8 Å². The third-order valence-corrected chi connectivity index (χ3v) is 5.62. The first-order valence-electron chi connectivity index (χ1n) is 11.6. The number of aryl methyl sites for hydroxylation is 1. The normalized spacial score (nSPS) is 10.5. The molecule has 0 bridgehead atoms. The van der Waals surface area contributed by atoms with Gasteiger partial charge in [0, 0.05) is 54.8 Å². The topological polar surface area (TPSA) is 108 Å². The maximum Gasteiger partial charge on any atom is 0.251 e. The maximum atomic E-state index is 12.4. The van der Waals surface area contributed by atoms with E-state index in [1.807, 2.05) is 43.3 Å². The van der Waals surface area contributed by atoms with Crippen LogP contribution >= 0.6 is 11.6 Å². The molecule has 0 saturated carbocycles. The van der Waals surface area contributed by atoms with Gasteiger partial charge in [0.25, 0.3) is 5.91 Å².